The van der Waals surface area contributed by atoms with Gasteiger partial charge in [0.1, 0.15) is 5.82 Å². The molecule has 1 atom stereocenters. The lowest BCUT2D eigenvalue weighted by Crippen LogP contribution is -2.09. The molecule has 5 heteroatoms. The zero-order valence-corrected chi connectivity index (χ0v) is 12.2. The van der Waals surface area contributed by atoms with Gasteiger partial charge in [-0.25, -0.2) is 4.98 Å². The third-order valence-electron chi connectivity index (χ3n) is 2.67. The highest BCUT2D eigenvalue weighted by atomic mass is 32.2. The second kappa shape index (κ2) is 6.31. The van der Waals surface area contributed by atoms with Crippen LogP contribution in [0, 0.1) is 6.92 Å². The fourth-order valence-electron chi connectivity index (χ4n) is 1.58. The van der Waals surface area contributed by atoms with Crippen LogP contribution in [-0.4, -0.2) is 15.9 Å². The smallest absolute Gasteiger partial charge is 0.170 e. The average Bonchev–Trinajstić information content (AvgIpc) is 2.85. The van der Waals surface area contributed by atoms with Gasteiger partial charge in [-0.05, 0) is 24.0 Å². The summed E-state index contributed by atoms with van der Waals surface area (Å²) in [4.78, 5) is 4.47. The molecule has 1 aromatic heterocycles. The third kappa shape index (κ3) is 3.31. The van der Waals surface area contributed by atoms with Gasteiger partial charge in [-0.2, -0.15) is 4.37 Å². The first-order valence-corrected chi connectivity index (χ1v) is 7.64. The third-order valence-corrected chi connectivity index (χ3v) is 4.78. The van der Waals surface area contributed by atoms with E-state index >= 15 is 0 Å². The summed E-state index contributed by atoms with van der Waals surface area (Å²) in [5, 5.41) is 0.253. The zero-order valence-electron chi connectivity index (χ0n) is 10.6. The molecule has 1 unspecified atom stereocenters. The molecule has 2 rings (SSSR count). The van der Waals surface area contributed by atoms with E-state index in [1.165, 1.54) is 22.7 Å². The molecule has 0 aliphatic heterocycles. The van der Waals surface area contributed by atoms with Crippen molar-refractivity contribution >= 4 is 23.3 Å². The minimum Gasteiger partial charge on any atom is -0.329 e. The Bertz CT molecular complexity index is 493. The molecule has 1 heterocycles. The van der Waals surface area contributed by atoms with Crippen LogP contribution in [0.5, 0.6) is 0 Å². The Balaban J connectivity index is 2.11. The van der Waals surface area contributed by atoms with E-state index in [0.717, 1.165) is 16.6 Å². The van der Waals surface area contributed by atoms with Crippen LogP contribution in [0.4, 0.5) is 0 Å². The summed E-state index contributed by atoms with van der Waals surface area (Å²) >= 11 is 3.17. The molecule has 0 fully saturated rings. The van der Waals surface area contributed by atoms with Gasteiger partial charge in [0.25, 0.3) is 0 Å². The maximum Gasteiger partial charge on any atom is 0.170 e. The lowest BCUT2D eigenvalue weighted by atomic mass is 10.1. The lowest BCUT2D eigenvalue weighted by molar-refractivity contribution is 0.931. The summed E-state index contributed by atoms with van der Waals surface area (Å²) in [6.07, 6.45) is 0.884. The van der Waals surface area contributed by atoms with Crippen LogP contribution < -0.4 is 5.73 Å². The van der Waals surface area contributed by atoms with Crippen molar-refractivity contribution in [2.75, 3.05) is 6.54 Å². The van der Waals surface area contributed by atoms with Crippen LogP contribution >= 0.6 is 23.3 Å². The highest BCUT2D eigenvalue weighted by Gasteiger charge is 2.14. The number of aryl methyl sites for hydroxylation is 2. The SMILES string of the molecule is CCc1nsc(SC(CN)c2ccc(C)cc2)n1. The Labute approximate surface area is 116 Å². The minimum absolute atomic E-state index is 0.253. The molecule has 2 N–H and O–H groups in total. The minimum atomic E-state index is 0.253. The summed E-state index contributed by atoms with van der Waals surface area (Å²) in [7, 11) is 0. The van der Waals surface area contributed by atoms with Crippen LogP contribution in [0.25, 0.3) is 0 Å². The van der Waals surface area contributed by atoms with E-state index in [2.05, 4.69) is 47.5 Å². The van der Waals surface area contributed by atoms with E-state index < -0.39 is 0 Å². The fraction of sp³-hybridized carbons (Fsp3) is 0.385. The van der Waals surface area contributed by atoms with Crippen LogP contribution in [0.15, 0.2) is 28.6 Å². The van der Waals surface area contributed by atoms with E-state index in [4.69, 9.17) is 5.73 Å². The summed E-state index contributed by atoms with van der Waals surface area (Å²) in [5.74, 6) is 0.919. The van der Waals surface area contributed by atoms with Crippen molar-refractivity contribution < 1.29 is 0 Å². The monoisotopic (exact) mass is 279 g/mol. The summed E-state index contributed by atoms with van der Waals surface area (Å²) < 4.78 is 5.30. The van der Waals surface area contributed by atoms with Gasteiger partial charge in [0.05, 0.1) is 0 Å². The summed E-state index contributed by atoms with van der Waals surface area (Å²) in [6, 6.07) is 8.52. The standard InChI is InChI=1S/C13H17N3S2/c1-3-12-15-13(18-16-12)17-11(8-14)10-6-4-9(2)5-7-10/h4-7,11H,3,8,14H2,1-2H3. The van der Waals surface area contributed by atoms with Crippen LogP contribution in [-0.2, 0) is 6.42 Å². The van der Waals surface area contributed by atoms with Crippen molar-refractivity contribution in [2.45, 2.75) is 29.9 Å². The average molecular weight is 279 g/mol. The number of aromatic nitrogens is 2. The second-order valence-electron chi connectivity index (χ2n) is 4.08. The van der Waals surface area contributed by atoms with Crippen LogP contribution in [0.3, 0.4) is 0 Å². The van der Waals surface area contributed by atoms with E-state index in [-0.39, 0.29) is 5.25 Å². The van der Waals surface area contributed by atoms with Gasteiger partial charge in [-0.1, -0.05) is 48.5 Å². The molecule has 96 valence electrons. The normalized spacial score (nSPS) is 12.6. The molecule has 0 aliphatic carbocycles. The number of nitrogens with two attached hydrogens (primary N) is 1. The Morgan fingerprint density at radius 3 is 2.61 bits per heavy atom. The number of hydrogen-bond acceptors (Lipinski definition) is 5. The molecule has 0 amide bonds. The van der Waals surface area contributed by atoms with E-state index in [1.807, 2.05) is 0 Å². The number of nitrogens with zero attached hydrogens (tertiary/aromatic N) is 2. The van der Waals surface area contributed by atoms with Crippen molar-refractivity contribution in [2.24, 2.45) is 5.73 Å². The van der Waals surface area contributed by atoms with Gasteiger partial charge in [-0.3, -0.25) is 0 Å². The lowest BCUT2D eigenvalue weighted by Gasteiger charge is -2.12. The highest BCUT2D eigenvalue weighted by Crippen LogP contribution is 2.35. The van der Waals surface area contributed by atoms with Gasteiger partial charge in [0.2, 0.25) is 0 Å². The maximum absolute atomic E-state index is 5.87. The molecule has 18 heavy (non-hydrogen) atoms. The summed E-state index contributed by atoms with van der Waals surface area (Å²) in [5.41, 5.74) is 8.38. The molecule has 3 nitrogen and oxygen atoms in total. The first-order chi connectivity index (χ1) is 8.72. The quantitative estimate of drug-likeness (QED) is 0.854. The van der Waals surface area contributed by atoms with Crippen LogP contribution in [0.1, 0.15) is 29.1 Å². The second-order valence-corrected chi connectivity index (χ2v) is 6.28. The molecular weight excluding hydrogens is 262 g/mol. The predicted molar refractivity (Wildman–Crippen MR) is 78.1 cm³/mol. The number of benzene rings is 1. The van der Waals surface area contributed by atoms with Gasteiger partial charge in [0, 0.05) is 18.2 Å². The molecule has 2 aromatic rings. The molecule has 0 aliphatic rings. The highest BCUT2D eigenvalue weighted by molar-refractivity contribution is 8.01. The van der Waals surface area contributed by atoms with Crippen molar-refractivity contribution in [3.8, 4) is 0 Å². The van der Waals surface area contributed by atoms with Crippen molar-refractivity contribution in [1.29, 1.82) is 0 Å². The predicted octanol–water partition coefficient (Wildman–Crippen LogP) is 3.20. The van der Waals surface area contributed by atoms with Crippen molar-refractivity contribution in [3.63, 3.8) is 0 Å². The first kappa shape index (κ1) is 13.5. The van der Waals surface area contributed by atoms with Crippen molar-refractivity contribution in [3.05, 3.63) is 41.2 Å². The molecular formula is C13H17N3S2. The van der Waals surface area contributed by atoms with E-state index in [0.29, 0.717) is 6.54 Å². The first-order valence-electron chi connectivity index (χ1n) is 5.98. The van der Waals surface area contributed by atoms with E-state index in [9.17, 15) is 0 Å². The molecule has 0 radical (unpaired) electrons. The van der Waals surface area contributed by atoms with Gasteiger partial charge >= 0.3 is 0 Å². The Morgan fingerprint density at radius 1 is 1.33 bits per heavy atom. The number of rotatable bonds is 5. The molecule has 1 aromatic carbocycles. The van der Waals surface area contributed by atoms with Gasteiger partial charge in [-0.15, -0.1) is 0 Å². The van der Waals surface area contributed by atoms with Crippen LogP contribution in [0.2, 0.25) is 0 Å². The van der Waals surface area contributed by atoms with Crippen molar-refractivity contribution in [1.82, 2.24) is 9.36 Å². The zero-order chi connectivity index (χ0) is 13.0. The maximum atomic E-state index is 5.87. The topological polar surface area (TPSA) is 51.8 Å². The fourth-order valence-corrected chi connectivity index (χ4v) is 3.51. The summed E-state index contributed by atoms with van der Waals surface area (Å²) in [6.45, 7) is 4.76. The van der Waals surface area contributed by atoms with Gasteiger partial charge < -0.3 is 5.73 Å². The van der Waals surface area contributed by atoms with E-state index in [1.54, 1.807) is 11.8 Å². The Hall–Kier alpha value is -0.910. The van der Waals surface area contributed by atoms with Gasteiger partial charge in [0.15, 0.2) is 4.34 Å². The number of hydrogen-bond donors (Lipinski definition) is 1. The Kier molecular flexibility index (Phi) is 4.74. The molecule has 0 bridgehead atoms. The Morgan fingerprint density at radius 2 is 2.06 bits per heavy atom. The number of thioether (sulfide) groups is 1. The molecule has 0 spiro atoms. The molecule has 0 saturated carbocycles. The largest absolute Gasteiger partial charge is 0.329 e. The molecule has 0 saturated heterocycles.